The van der Waals surface area contributed by atoms with Crippen LogP contribution in [0.2, 0.25) is 0 Å². The Balaban J connectivity index is 0.000000287. The molecular weight excluding hydrogens is 443 g/mol. The van der Waals surface area contributed by atoms with Gasteiger partial charge < -0.3 is 20.1 Å². The topological polar surface area (TPSA) is 121 Å². The van der Waals surface area contributed by atoms with Crippen LogP contribution in [0, 0.1) is 12.7 Å². The fraction of sp³-hybridized carbons (Fsp3) is 0.192. The lowest BCUT2D eigenvalue weighted by Crippen LogP contribution is -2.16. The van der Waals surface area contributed by atoms with Crippen LogP contribution in [0.5, 0.6) is 5.75 Å². The van der Waals surface area contributed by atoms with Crippen molar-refractivity contribution >= 4 is 17.7 Å². The summed E-state index contributed by atoms with van der Waals surface area (Å²) in [6.07, 6.45) is -1.61. The highest BCUT2D eigenvalue weighted by molar-refractivity contribution is 5.99. The van der Waals surface area contributed by atoms with Crippen LogP contribution < -0.4 is 4.74 Å². The van der Waals surface area contributed by atoms with Gasteiger partial charge in [-0.1, -0.05) is 54.1 Å². The number of carbonyl (C=O) groups excluding carboxylic acids is 1. The SMILES string of the molecule is COc1cccc(C(=O)CC(C(=O)O)c2ccc(F)cc2)c1.Cc1ccc([C@@H](O)C(=O)O)cc1. The Morgan fingerprint density at radius 3 is 2.00 bits per heavy atom. The first-order valence-corrected chi connectivity index (χ1v) is 10.2. The molecule has 1 unspecified atom stereocenters. The number of rotatable bonds is 8. The standard InChI is InChI=1S/C17H15FO4.C9H10O3/c1-22-14-4-2-3-12(9-14)16(19)10-15(17(20)21)11-5-7-13(18)8-6-11;1-6-2-4-7(5-3-6)8(10)9(11)12/h2-9,15H,10H2,1H3,(H,20,21);2-5,8,10H,1H3,(H,11,12)/t;8-/m.1/s1. The molecule has 0 bridgehead atoms. The summed E-state index contributed by atoms with van der Waals surface area (Å²) in [6.45, 7) is 1.90. The first-order valence-electron chi connectivity index (χ1n) is 10.2. The third kappa shape index (κ3) is 7.53. The molecule has 8 heteroatoms. The van der Waals surface area contributed by atoms with Gasteiger partial charge in [0.15, 0.2) is 11.9 Å². The molecule has 0 aliphatic carbocycles. The van der Waals surface area contributed by atoms with Crippen molar-refractivity contribution in [3.63, 3.8) is 0 Å². The van der Waals surface area contributed by atoms with Crippen LogP contribution in [0.3, 0.4) is 0 Å². The summed E-state index contributed by atoms with van der Waals surface area (Å²) in [7, 11) is 1.49. The number of aliphatic carboxylic acids is 2. The van der Waals surface area contributed by atoms with E-state index in [1.807, 2.05) is 6.92 Å². The molecule has 0 saturated heterocycles. The molecule has 0 aliphatic rings. The number of carboxylic acid groups (broad SMARTS) is 2. The number of carbonyl (C=O) groups is 3. The number of methoxy groups -OCH3 is 1. The number of aryl methyl sites for hydroxylation is 1. The average Bonchev–Trinajstić information content (AvgIpc) is 2.83. The number of Topliss-reactive ketones (excluding diaryl/α,β-unsaturated/α-hetero) is 1. The van der Waals surface area contributed by atoms with Crippen molar-refractivity contribution < 1.29 is 38.8 Å². The van der Waals surface area contributed by atoms with Crippen molar-refractivity contribution in [2.45, 2.75) is 25.4 Å². The number of aliphatic hydroxyl groups is 1. The van der Waals surface area contributed by atoms with E-state index in [4.69, 9.17) is 14.9 Å². The van der Waals surface area contributed by atoms with E-state index in [9.17, 15) is 23.9 Å². The van der Waals surface area contributed by atoms with Gasteiger partial charge in [-0.15, -0.1) is 0 Å². The number of aliphatic hydroxyl groups excluding tert-OH is 1. The van der Waals surface area contributed by atoms with E-state index in [0.29, 0.717) is 22.4 Å². The molecule has 0 amide bonds. The van der Waals surface area contributed by atoms with Gasteiger partial charge in [0.2, 0.25) is 0 Å². The number of hydrogen-bond donors (Lipinski definition) is 3. The van der Waals surface area contributed by atoms with Gasteiger partial charge >= 0.3 is 11.9 Å². The second-order valence-corrected chi connectivity index (χ2v) is 7.45. The minimum Gasteiger partial charge on any atom is -0.497 e. The van der Waals surface area contributed by atoms with Gasteiger partial charge in [-0.25, -0.2) is 9.18 Å². The van der Waals surface area contributed by atoms with E-state index in [2.05, 4.69) is 0 Å². The highest BCUT2D eigenvalue weighted by Crippen LogP contribution is 2.24. The number of hydrogen-bond acceptors (Lipinski definition) is 5. The van der Waals surface area contributed by atoms with E-state index in [1.54, 1.807) is 48.5 Å². The summed E-state index contributed by atoms with van der Waals surface area (Å²) in [5.74, 6) is -3.59. The lowest BCUT2D eigenvalue weighted by molar-refractivity contribution is -0.147. The van der Waals surface area contributed by atoms with Gasteiger partial charge in [-0.05, 0) is 42.3 Å². The van der Waals surface area contributed by atoms with Gasteiger partial charge in [0, 0.05) is 12.0 Å². The number of benzene rings is 3. The lowest BCUT2D eigenvalue weighted by Gasteiger charge is -2.12. The Hall–Kier alpha value is -4.04. The van der Waals surface area contributed by atoms with E-state index >= 15 is 0 Å². The molecule has 0 radical (unpaired) electrons. The van der Waals surface area contributed by atoms with Crippen molar-refractivity contribution in [1.82, 2.24) is 0 Å². The van der Waals surface area contributed by atoms with Gasteiger partial charge in [0.05, 0.1) is 13.0 Å². The second-order valence-electron chi connectivity index (χ2n) is 7.45. The fourth-order valence-corrected chi connectivity index (χ4v) is 3.03. The zero-order valence-corrected chi connectivity index (χ0v) is 18.6. The van der Waals surface area contributed by atoms with Crippen molar-refractivity contribution in [3.05, 3.63) is 101 Å². The molecular formula is C26H25FO7. The van der Waals surface area contributed by atoms with Crippen LogP contribution in [-0.4, -0.2) is 40.2 Å². The summed E-state index contributed by atoms with van der Waals surface area (Å²) >= 11 is 0. The third-order valence-electron chi connectivity index (χ3n) is 4.98. The predicted molar refractivity (Wildman–Crippen MR) is 122 cm³/mol. The molecule has 178 valence electrons. The first kappa shape index (κ1) is 26.2. The van der Waals surface area contributed by atoms with Crippen LogP contribution in [0.15, 0.2) is 72.8 Å². The maximum atomic E-state index is 12.9. The fourth-order valence-electron chi connectivity index (χ4n) is 3.03. The Morgan fingerprint density at radius 1 is 0.882 bits per heavy atom. The van der Waals surface area contributed by atoms with Crippen molar-refractivity contribution in [2.24, 2.45) is 0 Å². The van der Waals surface area contributed by atoms with Gasteiger partial charge in [-0.3, -0.25) is 9.59 Å². The van der Waals surface area contributed by atoms with Crippen molar-refractivity contribution in [3.8, 4) is 5.75 Å². The zero-order valence-electron chi connectivity index (χ0n) is 18.6. The van der Waals surface area contributed by atoms with E-state index in [0.717, 1.165) is 5.56 Å². The quantitative estimate of drug-likeness (QED) is 0.419. The minimum absolute atomic E-state index is 0.200. The Labute approximate surface area is 196 Å². The summed E-state index contributed by atoms with van der Waals surface area (Å²) < 4.78 is 18.0. The third-order valence-corrected chi connectivity index (χ3v) is 4.98. The summed E-state index contributed by atoms with van der Waals surface area (Å²) in [5.41, 5.74) is 2.22. The summed E-state index contributed by atoms with van der Waals surface area (Å²) in [4.78, 5) is 34.0. The number of ether oxygens (including phenoxy) is 1. The zero-order chi connectivity index (χ0) is 25.3. The Kier molecular flexibility index (Phi) is 9.46. The molecule has 0 spiro atoms. The summed E-state index contributed by atoms with van der Waals surface area (Å²) in [5, 5.41) is 26.9. The van der Waals surface area contributed by atoms with Gasteiger partial charge in [-0.2, -0.15) is 0 Å². The van der Waals surface area contributed by atoms with Crippen LogP contribution in [0.25, 0.3) is 0 Å². The monoisotopic (exact) mass is 468 g/mol. The molecule has 3 aromatic carbocycles. The molecule has 3 rings (SSSR count). The number of ketones is 1. The molecule has 3 N–H and O–H groups in total. The normalized spacial score (nSPS) is 12.0. The number of halogens is 1. The van der Waals surface area contributed by atoms with Crippen LogP contribution >= 0.6 is 0 Å². The molecule has 3 aromatic rings. The van der Waals surface area contributed by atoms with Crippen LogP contribution in [0.4, 0.5) is 4.39 Å². The predicted octanol–water partition coefficient (Wildman–Crippen LogP) is 4.39. The molecule has 34 heavy (non-hydrogen) atoms. The molecule has 0 aromatic heterocycles. The molecule has 0 heterocycles. The van der Waals surface area contributed by atoms with Crippen LogP contribution in [0.1, 0.15) is 45.5 Å². The van der Waals surface area contributed by atoms with Crippen LogP contribution in [-0.2, 0) is 9.59 Å². The van der Waals surface area contributed by atoms with E-state index < -0.39 is 29.8 Å². The molecule has 0 saturated carbocycles. The maximum absolute atomic E-state index is 12.9. The van der Waals surface area contributed by atoms with Gasteiger partial charge in [0.25, 0.3) is 0 Å². The minimum atomic E-state index is -1.41. The molecule has 2 atom stereocenters. The average molecular weight is 468 g/mol. The van der Waals surface area contributed by atoms with Crippen molar-refractivity contribution in [1.29, 1.82) is 0 Å². The van der Waals surface area contributed by atoms with Gasteiger partial charge in [0.1, 0.15) is 11.6 Å². The first-order chi connectivity index (χ1) is 16.1. The molecule has 0 aliphatic heterocycles. The van der Waals surface area contributed by atoms with E-state index in [1.165, 1.54) is 31.4 Å². The van der Waals surface area contributed by atoms with Crippen molar-refractivity contribution in [2.75, 3.05) is 7.11 Å². The molecule has 7 nitrogen and oxygen atoms in total. The highest BCUT2D eigenvalue weighted by Gasteiger charge is 2.24. The smallest absolute Gasteiger partial charge is 0.337 e. The maximum Gasteiger partial charge on any atom is 0.337 e. The highest BCUT2D eigenvalue weighted by atomic mass is 19.1. The second kappa shape index (κ2) is 12.3. The Morgan fingerprint density at radius 2 is 1.47 bits per heavy atom. The number of carboxylic acids is 2. The Bertz CT molecular complexity index is 1120. The van der Waals surface area contributed by atoms with E-state index in [-0.39, 0.29) is 12.2 Å². The lowest BCUT2D eigenvalue weighted by atomic mass is 9.91. The summed E-state index contributed by atoms with van der Waals surface area (Å²) in [6, 6.07) is 18.4. The largest absolute Gasteiger partial charge is 0.497 e. The molecule has 0 fully saturated rings.